The number of rotatable bonds is 3. The Morgan fingerprint density at radius 1 is 0.968 bits per heavy atom. The molecule has 6 nitrogen and oxygen atoms in total. The van der Waals surface area contributed by atoms with Gasteiger partial charge in [-0.15, -0.1) is 0 Å². The van der Waals surface area contributed by atoms with Crippen LogP contribution in [0.25, 0.3) is 0 Å². The van der Waals surface area contributed by atoms with E-state index in [1.165, 1.54) is 0 Å². The minimum absolute atomic E-state index is 0.295. The Morgan fingerprint density at radius 3 is 1.97 bits per heavy atom. The van der Waals surface area contributed by atoms with E-state index in [4.69, 9.17) is 14.0 Å². The zero-order valence-corrected chi connectivity index (χ0v) is 21.0. The topological polar surface area (TPSA) is 60.0 Å². The molecule has 0 aromatic heterocycles. The number of piperazine rings is 1. The van der Waals surface area contributed by atoms with Crippen LogP contribution in [0.2, 0.25) is 0 Å². The first kappa shape index (κ1) is 24.1. The van der Waals surface area contributed by atoms with Gasteiger partial charge >= 0.3 is 13.1 Å². The van der Waals surface area contributed by atoms with Gasteiger partial charge in [0.15, 0.2) is 0 Å². The van der Waals surface area contributed by atoms with Gasteiger partial charge in [-0.1, -0.05) is 0 Å². The third kappa shape index (κ3) is 4.50. The van der Waals surface area contributed by atoms with E-state index in [-0.39, 0.29) is 5.97 Å². The van der Waals surface area contributed by atoms with Crippen LogP contribution >= 0.6 is 0 Å². The van der Waals surface area contributed by atoms with Gasteiger partial charge in [-0.05, 0) is 91.4 Å². The van der Waals surface area contributed by atoms with Crippen LogP contribution in [-0.4, -0.2) is 56.1 Å². The molecule has 0 saturated carbocycles. The number of nitrogens with zero attached hydrogens (tertiary/aromatic N) is 1. The van der Waals surface area contributed by atoms with Crippen LogP contribution in [-0.2, 0) is 14.0 Å². The van der Waals surface area contributed by atoms with E-state index in [1.807, 2.05) is 34.6 Å². The molecule has 1 N–H and O–H groups in total. The SMILES string of the molecule is Cc1c(B2OC(C)(C)C(C)(C)O2)c(C)c(N2CCNCC2)c(C)c1C(=O)OC(C)(C)C. The monoisotopic (exact) mass is 430 g/mol. The second-order valence-corrected chi connectivity index (χ2v) is 10.8. The third-order valence-electron chi connectivity index (χ3n) is 6.79. The quantitative estimate of drug-likeness (QED) is 0.587. The van der Waals surface area contributed by atoms with Crippen LogP contribution in [0.5, 0.6) is 0 Å². The fraction of sp³-hybridized carbons (Fsp3) is 0.708. The summed E-state index contributed by atoms with van der Waals surface area (Å²) in [4.78, 5) is 15.7. The van der Waals surface area contributed by atoms with Gasteiger partial charge < -0.3 is 24.3 Å². The Morgan fingerprint density at radius 2 is 1.48 bits per heavy atom. The highest BCUT2D eigenvalue weighted by molar-refractivity contribution is 6.63. The molecule has 7 heteroatoms. The maximum Gasteiger partial charge on any atom is 0.495 e. The molecule has 2 aliphatic heterocycles. The zero-order valence-electron chi connectivity index (χ0n) is 21.0. The first-order valence-electron chi connectivity index (χ1n) is 11.3. The predicted molar refractivity (Wildman–Crippen MR) is 127 cm³/mol. The molecular formula is C24H39BN2O4. The third-order valence-corrected chi connectivity index (χ3v) is 6.79. The van der Waals surface area contributed by atoms with Crippen molar-refractivity contribution >= 4 is 24.2 Å². The summed E-state index contributed by atoms with van der Waals surface area (Å²) in [5.74, 6) is -0.295. The lowest BCUT2D eigenvalue weighted by Crippen LogP contribution is -2.46. The van der Waals surface area contributed by atoms with E-state index in [2.05, 4.69) is 44.8 Å². The van der Waals surface area contributed by atoms with Crippen molar-refractivity contribution in [3.8, 4) is 0 Å². The van der Waals surface area contributed by atoms with E-state index < -0.39 is 23.9 Å². The molecule has 0 aliphatic carbocycles. The van der Waals surface area contributed by atoms with Crippen molar-refractivity contribution in [2.24, 2.45) is 0 Å². The Kier molecular flexibility index (Phi) is 6.29. The Hall–Kier alpha value is -1.57. The van der Waals surface area contributed by atoms with Crippen molar-refractivity contribution in [3.63, 3.8) is 0 Å². The van der Waals surface area contributed by atoms with Crippen molar-refractivity contribution in [2.75, 3.05) is 31.1 Å². The summed E-state index contributed by atoms with van der Waals surface area (Å²) in [5.41, 5.74) is 4.14. The van der Waals surface area contributed by atoms with Crippen LogP contribution in [0.4, 0.5) is 5.69 Å². The standard InChI is InChI=1S/C24H39BN2O4/c1-15-18(21(28)29-22(4,5)6)16(2)20(27-13-11-26-12-14-27)17(3)19(15)25-30-23(7,8)24(9,10)31-25/h26H,11-14H2,1-10H3. The second kappa shape index (κ2) is 8.09. The zero-order chi connectivity index (χ0) is 23.4. The molecule has 0 bridgehead atoms. The van der Waals surface area contributed by atoms with Crippen molar-refractivity contribution in [1.29, 1.82) is 0 Å². The van der Waals surface area contributed by atoms with Crippen LogP contribution in [0.3, 0.4) is 0 Å². The minimum atomic E-state index is -0.569. The molecule has 0 unspecified atom stereocenters. The highest BCUT2D eigenvalue weighted by Crippen LogP contribution is 2.39. The van der Waals surface area contributed by atoms with E-state index in [1.54, 1.807) is 0 Å². The Labute approximate surface area is 188 Å². The van der Waals surface area contributed by atoms with E-state index in [0.29, 0.717) is 5.56 Å². The molecule has 0 atom stereocenters. The van der Waals surface area contributed by atoms with Gasteiger partial charge in [0.2, 0.25) is 0 Å². The minimum Gasteiger partial charge on any atom is -0.456 e. The number of esters is 1. The van der Waals surface area contributed by atoms with Crippen LogP contribution in [0.1, 0.15) is 75.5 Å². The molecule has 2 fully saturated rings. The fourth-order valence-corrected chi connectivity index (χ4v) is 4.54. The molecule has 0 radical (unpaired) electrons. The Balaban J connectivity index is 2.20. The number of nitrogens with one attached hydrogen (secondary N) is 1. The summed E-state index contributed by atoms with van der Waals surface area (Å²) < 4.78 is 18.7. The number of benzene rings is 1. The highest BCUT2D eigenvalue weighted by atomic mass is 16.7. The molecule has 31 heavy (non-hydrogen) atoms. The summed E-state index contributed by atoms with van der Waals surface area (Å²) in [7, 11) is -0.534. The smallest absolute Gasteiger partial charge is 0.456 e. The maximum absolute atomic E-state index is 13.3. The van der Waals surface area contributed by atoms with Gasteiger partial charge in [0.05, 0.1) is 16.8 Å². The second-order valence-electron chi connectivity index (χ2n) is 10.8. The maximum atomic E-state index is 13.3. The van der Waals surface area contributed by atoms with E-state index in [0.717, 1.165) is 54.0 Å². The number of ether oxygens (including phenoxy) is 1. The van der Waals surface area contributed by atoms with Crippen molar-refractivity contribution in [1.82, 2.24) is 5.32 Å². The number of hydrogen-bond donors (Lipinski definition) is 1. The van der Waals surface area contributed by atoms with Gasteiger partial charge in [-0.3, -0.25) is 0 Å². The van der Waals surface area contributed by atoms with Crippen molar-refractivity contribution in [2.45, 2.75) is 86.0 Å². The highest BCUT2D eigenvalue weighted by Gasteiger charge is 2.53. The molecule has 2 aliphatic rings. The van der Waals surface area contributed by atoms with Crippen LogP contribution in [0.15, 0.2) is 0 Å². The summed E-state index contributed by atoms with van der Waals surface area (Å²) in [6, 6.07) is 0. The van der Waals surface area contributed by atoms with Crippen molar-refractivity contribution < 1.29 is 18.8 Å². The number of carbonyl (C=O) groups excluding carboxylic acids is 1. The van der Waals surface area contributed by atoms with Crippen LogP contribution < -0.4 is 15.7 Å². The van der Waals surface area contributed by atoms with Crippen LogP contribution in [0, 0.1) is 20.8 Å². The predicted octanol–water partition coefficient (Wildman–Crippen LogP) is 3.28. The molecule has 2 saturated heterocycles. The van der Waals surface area contributed by atoms with Gasteiger partial charge in [-0.25, -0.2) is 4.79 Å². The van der Waals surface area contributed by atoms with Gasteiger partial charge in [0.1, 0.15) is 5.60 Å². The summed E-state index contributed by atoms with van der Waals surface area (Å²) in [6.07, 6.45) is 0. The number of carbonyl (C=O) groups is 1. The Bertz CT molecular complexity index is 852. The number of hydrogen-bond acceptors (Lipinski definition) is 6. The number of anilines is 1. The van der Waals surface area contributed by atoms with Crippen molar-refractivity contribution in [3.05, 3.63) is 22.3 Å². The molecule has 172 valence electrons. The average molecular weight is 430 g/mol. The lowest BCUT2D eigenvalue weighted by Gasteiger charge is -2.35. The molecule has 3 rings (SSSR count). The van der Waals surface area contributed by atoms with E-state index in [9.17, 15) is 4.79 Å². The van der Waals surface area contributed by atoms with Gasteiger partial charge in [-0.2, -0.15) is 0 Å². The van der Waals surface area contributed by atoms with Gasteiger partial charge in [0.25, 0.3) is 0 Å². The van der Waals surface area contributed by atoms with E-state index >= 15 is 0 Å². The molecule has 1 aromatic rings. The summed E-state index contributed by atoms with van der Waals surface area (Å²) in [6.45, 7) is 23.7. The lowest BCUT2D eigenvalue weighted by molar-refractivity contribution is 0.00578. The molecular weight excluding hydrogens is 391 g/mol. The summed E-state index contributed by atoms with van der Waals surface area (Å²) >= 11 is 0. The largest absolute Gasteiger partial charge is 0.495 e. The lowest BCUT2D eigenvalue weighted by atomic mass is 9.70. The first-order valence-corrected chi connectivity index (χ1v) is 11.3. The molecule has 2 heterocycles. The average Bonchev–Trinajstić information content (AvgIpc) is 2.81. The fourth-order valence-electron chi connectivity index (χ4n) is 4.54. The molecule has 0 amide bonds. The first-order chi connectivity index (χ1) is 14.2. The van der Waals surface area contributed by atoms with Gasteiger partial charge in [0, 0.05) is 31.9 Å². The molecule has 0 spiro atoms. The summed E-state index contributed by atoms with van der Waals surface area (Å²) in [5, 5.41) is 3.41. The normalized spacial score (nSPS) is 20.8. The molecule has 1 aromatic carbocycles.